The molecule has 0 spiro atoms. The number of aromatic nitrogens is 2. The zero-order valence-electron chi connectivity index (χ0n) is 24.0. The van der Waals surface area contributed by atoms with Gasteiger partial charge in [-0.2, -0.15) is 0 Å². The molecule has 16 heteroatoms. The first kappa shape index (κ1) is 34.1. The van der Waals surface area contributed by atoms with E-state index in [1.54, 1.807) is 6.92 Å². The van der Waals surface area contributed by atoms with E-state index in [1.807, 2.05) is 0 Å². The monoisotopic (exact) mass is 616 g/mol. The molecule has 15 nitrogen and oxygen atoms in total. The van der Waals surface area contributed by atoms with Gasteiger partial charge in [-0.15, -0.1) is 0 Å². The molecule has 1 aliphatic carbocycles. The minimum absolute atomic E-state index is 0.0424. The van der Waals surface area contributed by atoms with Gasteiger partial charge in [0.15, 0.2) is 34.7 Å². The minimum atomic E-state index is -1.35. The van der Waals surface area contributed by atoms with Gasteiger partial charge in [0.25, 0.3) is 5.91 Å². The highest BCUT2D eigenvalue weighted by Gasteiger charge is 2.36. The second kappa shape index (κ2) is 17.1. The van der Waals surface area contributed by atoms with Crippen LogP contribution in [0.4, 0.5) is 11.6 Å². The topological polar surface area (TPSA) is 246 Å². The molecule has 2 aliphatic rings. The minimum Gasteiger partial charge on any atom is -0.389 e. The van der Waals surface area contributed by atoms with Crippen molar-refractivity contribution < 1.29 is 34.3 Å². The number of hydrogen-bond acceptors (Lipinski definition) is 13. The van der Waals surface area contributed by atoms with Gasteiger partial charge >= 0.3 is 0 Å². The Bertz CT molecular complexity index is 1040. The van der Waals surface area contributed by atoms with Gasteiger partial charge in [0.05, 0.1) is 25.4 Å². The number of nitrogens with two attached hydrogens (primary N) is 3. The van der Waals surface area contributed by atoms with Crippen LogP contribution in [-0.2, 0) is 14.2 Å². The van der Waals surface area contributed by atoms with E-state index in [0.717, 1.165) is 44.9 Å². The largest absolute Gasteiger partial charge is 0.389 e. The number of anilines is 2. The van der Waals surface area contributed by atoms with E-state index < -0.39 is 36.6 Å². The summed E-state index contributed by atoms with van der Waals surface area (Å²) in [6, 6.07) is 0. The molecule has 42 heavy (non-hydrogen) atoms. The molecule has 3 rings (SSSR count). The number of hydrogen-bond donors (Lipinski definition) is 8. The van der Waals surface area contributed by atoms with E-state index >= 15 is 0 Å². The third-order valence-corrected chi connectivity index (χ3v) is 7.65. The number of nitrogen functional groups attached to an aromatic ring is 2. The first-order valence-electron chi connectivity index (χ1n) is 14.4. The lowest BCUT2D eigenvalue weighted by Crippen LogP contribution is -2.49. The van der Waals surface area contributed by atoms with E-state index in [-0.39, 0.29) is 47.7 Å². The maximum Gasteiger partial charge on any atom is 0.280 e. The molecule has 1 saturated carbocycles. The third-order valence-electron chi connectivity index (χ3n) is 7.37. The van der Waals surface area contributed by atoms with Crippen LogP contribution in [0.25, 0.3) is 0 Å². The molecule has 238 valence electrons. The number of guanidine groups is 1. The molecule has 11 N–H and O–H groups in total. The van der Waals surface area contributed by atoms with E-state index in [4.69, 9.17) is 43.0 Å². The highest BCUT2D eigenvalue weighted by atomic mass is 35.5. The van der Waals surface area contributed by atoms with Crippen LogP contribution in [0, 0.1) is 5.92 Å². The quantitative estimate of drug-likeness (QED) is 0.0705. The second-order valence-electron chi connectivity index (χ2n) is 10.7. The summed E-state index contributed by atoms with van der Waals surface area (Å²) in [5.41, 5.74) is 16.8. The van der Waals surface area contributed by atoms with Crippen LogP contribution in [0.1, 0.15) is 62.4 Å². The number of aliphatic hydroxyl groups excluding tert-OH is 3. The summed E-state index contributed by atoms with van der Waals surface area (Å²) in [5.74, 6) is -0.363. The molecule has 1 amide bonds. The fourth-order valence-electron chi connectivity index (χ4n) is 5.07. The zero-order chi connectivity index (χ0) is 30.6. The number of halogens is 1. The Labute approximate surface area is 250 Å². The number of nitrogens with one attached hydrogen (secondary N) is 2. The molecular weight excluding hydrogens is 572 g/mol. The Morgan fingerprint density at radius 1 is 1.21 bits per heavy atom. The van der Waals surface area contributed by atoms with Crippen molar-refractivity contribution in [1.29, 1.82) is 0 Å². The number of carbonyl (C=O) groups excluding carboxylic acids is 1. The summed E-state index contributed by atoms with van der Waals surface area (Å²) in [5, 5.41) is 36.0. The number of ether oxygens (including phenoxy) is 3. The summed E-state index contributed by atoms with van der Waals surface area (Å²) < 4.78 is 16.6. The standard InChI is InChI=1S/C26H45ClN8O7/c1-14-41-13-18(42-14)21(38)20(37)17(36)12-31-9-10-40-16-7-4-6-15(11-16)5-2-3-8-32-26(30)35-25(39)19-23(28)34-24(29)22(27)33-19/h14-18,20-21,31,36-38H,2-13H2,1H3,(H4,28,29,34)(H3,30,32,35,39)/t14-,15?,16?,17?,18?,20?,21?/m0/s1. The number of amides is 1. The lowest BCUT2D eigenvalue weighted by molar-refractivity contribution is -0.122. The lowest BCUT2D eigenvalue weighted by Gasteiger charge is -2.29. The normalized spacial score (nSPS) is 25.2. The van der Waals surface area contributed by atoms with Crippen molar-refractivity contribution in [2.24, 2.45) is 16.6 Å². The van der Waals surface area contributed by atoms with Crippen molar-refractivity contribution >= 4 is 35.1 Å². The predicted octanol–water partition coefficient (Wildman–Crippen LogP) is -0.482. The van der Waals surface area contributed by atoms with Crippen molar-refractivity contribution in [2.75, 3.05) is 44.3 Å². The summed E-state index contributed by atoms with van der Waals surface area (Å²) >= 11 is 5.81. The Balaban J connectivity index is 1.25. The molecule has 1 saturated heterocycles. The highest BCUT2D eigenvalue weighted by Crippen LogP contribution is 2.30. The molecule has 7 atom stereocenters. The van der Waals surface area contributed by atoms with Crippen LogP contribution in [-0.4, -0.2) is 107 Å². The number of carbonyl (C=O) groups is 1. The Morgan fingerprint density at radius 3 is 2.74 bits per heavy atom. The average molecular weight is 617 g/mol. The molecule has 6 unspecified atom stereocenters. The van der Waals surface area contributed by atoms with Crippen molar-refractivity contribution in [3.8, 4) is 0 Å². The zero-order valence-corrected chi connectivity index (χ0v) is 24.7. The molecule has 0 radical (unpaired) electrons. The third kappa shape index (κ3) is 10.7. The second-order valence-corrected chi connectivity index (χ2v) is 11.1. The van der Waals surface area contributed by atoms with Crippen LogP contribution in [0.2, 0.25) is 5.15 Å². The fourth-order valence-corrected chi connectivity index (χ4v) is 5.20. The van der Waals surface area contributed by atoms with Gasteiger partial charge in [0, 0.05) is 19.6 Å². The molecule has 1 aliphatic heterocycles. The Kier molecular flexibility index (Phi) is 13.9. The maximum absolute atomic E-state index is 12.3. The van der Waals surface area contributed by atoms with Crippen molar-refractivity contribution in [1.82, 2.24) is 20.6 Å². The van der Waals surface area contributed by atoms with E-state index in [2.05, 4.69) is 25.6 Å². The van der Waals surface area contributed by atoms with Gasteiger partial charge in [0.2, 0.25) is 0 Å². The average Bonchev–Trinajstić information content (AvgIpc) is 3.40. The molecule has 0 bridgehead atoms. The molecule has 1 aromatic heterocycles. The fraction of sp³-hybridized carbons (Fsp3) is 0.769. The van der Waals surface area contributed by atoms with Gasteiger partial charge in [-0.1, -0.05) is 37.3 Å². The molecule has 2 fully saturated rings. The van der Waals surface area contributed by atoms with Gasteiger partial charge in [-0.3, -0.25) is 15.1 Å². The van der Waals surface area contributed by atoms with E-state index in [0.29, 0.717) is 25.6 Å². The summed E-state index contributed by atoms with van der Waals surface area (Å²) in [4.78, 5) is 24.1. The van der Waals surface area contributed by atoms with Gasteiger partial charge in [-0.05, 0) is 32.1 Å². The van der Waals surface area contributed by atoms with E-state index in [1.165, 1.54) is 0 Å². The van der Waals surface area contributed by atoms with Crippen molar-refractivity contribution in [3.05, 3.63) is 10.8 Å². The summed E-state index contributed by atoms with van der Waals surface area (Å²) in [6.07, 6.45) is 2.47. The van der Waals surface area contributed by atoms with Crippen LogP contribution in [0.3, 0.4) is 0 Å². The SMILES string of the molecule is C[C@H]1OCC(C(O)C(O)C(O)CNCCOC2CCCC(CCCCN=C(N)NC(=O)c3nc(Cl)c(N)nc3N)C2)O1. The smallest absolute Gasteiger partial charge is 0.280 e. The first-order valence-corrected chi connectivity index (χ1v) is 14.8. The van der Waals surface area contributed by atoms with Gasteiger partial charge in [-0.25, -0.2) is 9.97 Å². The van der Waals surface area contributed by atoms with Gasteiger partial charge < -0.3 is 52.0 Å². The molecular formula is C26H45ClN8O7. The molecule has 1 aromatic rings. The number of rotatable bonds is 15. The summed E-state index contributed by atoms with van der Waals surface area (Å²) in [7, 11) is 0. The van der Waals surface area contributed by atoms with Crippen LogP contribution in [0.15, 0.2) is 4.99 Å². The molecule has 0 aromatic carbocycles. The lowest BCUT2D eigenvalue weighted by atomic mass is 9.84. The number of aliphatic hydroxyl groups is 3. The number of nitrogens with zero attached hydrogens (tertiary/aromatic N) is 3. The molecule has 2 heterocycles. The number of aliphatic imine (C=N–C) groups is 1. The predicted molar refractivity (Wildman–Crippen MR) is 157 cm³/mol. The summed E-state index contributed by atoms with van der Waals surface area (Å²) in [6.45, 7) is 3.47. The van der Waals surface area contributed by atoms with Crippen LogP contribution in [0.5, 0.6) is 0 Å². The highest BCUT2D eigenvalue weighted by molar-refractivity contribution is 6.31. The first-order chi connectivity index (χ1) is 20.0. The van der Waals surface area contributed by atoms with Crippen LogP contribution < -0.4 is 27.8 Å². The van der Waals surface area contributed by atoms with Crippen molar-refractivity contribution in [3.63, 3.8) is 0 Å². The van der Waals surface area contributed by atoms with Crippen LogP contribution >= 0.6 is 11.6 Å². The van der Waals surface area contributed by atoms with Crippen molar-refractivity contribution in [2.45, 2.75) is 88.7 Å². The van der Waals surface area contributed by atoms with Gasteiger partial charge in [0.1, 0.15) is 18.3 Å². The number of unbranched alkanes of at least 4 members (excludes halogenated alkanes) is 1. The Hall–Kier alpha value is -2.37. The van der Waals surface area contributed by atoms with E-state index in [9.17, 15) is 20.1 Å². The Morgan fingerprint density at radius 2 is 2.00 bits per heavy atom. The maximum atomic E-state index is 12.3.